The summed E-state index contributed by atoms with van der Waals surface area (Å²) in [6.07, 6.45) is 1.40. The zero-order chi connectivity index (χ0) is 15.7. The van der Waals surface area contributed by atoms with Crippen LogP contribution in [0.15, 0.2) is 42.7 Å². The first kappa shape index (κ1) is 14.2. The van der Waals surface area contributed by atoms with Gasteiger partial charge in [0.25, 0.3) is 0 Å². The third-order valence-electron chi connectivity index (χ3n) is 3.21. The summed E-state index contributed by atoms with van der Waals surface area (Å²) in [5, 5.41) is 20.8. The molecule has 0 fully saturated rings. The van der Waals surface area contributed by atoms with Gasteiger partial charge in [0.2, 0.25) is 0 Å². The molecule has 0 saturated heterocycles. The van der Waals surface area contributed by atoms with Crippen LogP contribution < -0.4 is 0 Å². The smallest absolute Gasteiger partial charge is 0.335 e. The number of aryl methyl sites for hydroxylation is 1. The van der Waals surface area contributed by atoms with E-state index in [1.807, 2.05) is 25.1 Å². The number of halogens is 1. The molecular formula is C15H11ClN4O2. The summed E-state index contributed by atoms with van der Waals surface area (Å²) in [6.45, 7) is 1.94. The topological polar surface area (TPSA) is 80.9 Å². The summed E-state index contributed by atoms with van der Waals surface area (Å²) < 4.78 is 1.40. The predicted molar refractivity (Wildman–Crippen MR) is 81.3 cm³/mol. The van der Waals surface area contributed by atoms with Crippen molar-refractivity contribution in [1.29, 1.82) is 0 Å². The van der Waals surface area contributed by atoms with Crippen molar-refractivity contribution in [2.24, 2.45) is 0 Å². The first-order valence-electron chi connectivity index (χ1n) is 6.43. The van der Waals surface area contributed by atoms with Crippen molar-refractivity contribution in [2.45, 2.75) is 6.92 Å². The zero-order valence-corrected chi connectivity index (χ0v) is 12.3. The van der Waals surface area contributed by atoms with Crippen molar-refractivity contribution < 1.29 is 9.90 Å². The fraction of sp³-hybridized carbons (Fsp3) is 0.0667. The van der Waals surface area contributed by atoms with Crippen LogP contribution in [-0.4, -0.2) is 31.3 Å². The quantitative estimate of drug-likeness (QED) is 0.803. The number of rotatable bonds is 3. The number of carboxylic acids is 1. The molecule has 0 saturated carbocycles. The molecule has 0 aliphatic heterocycles. The molecule has 22 heavy (non-hydrogen) atoms. The van der Waals surface area contributed by atoms with Gasteiger partial charge in [0, 0.05) is 10.6 Å². The van der Waals surface area contributed by atoms with Gasteiger partial charge in [-0.2, -0.15) is 0 Å². The van der Waals surface area contributed by atoms with E-state index in [4.69, 9.17) is 11.6 Å². The van der Waals surface area contributed by atoms with Crippen molar-refractivity contribution in [3.05, 3.63) is 58.9 Å². The molecule has 0 aliphatic rings. The Morgan fingerprint density at radius 2 is 2.05 bits per heavy atom. The lowest BCUT2D eigenvalue weighted by molar-refractivity contribution is 0.0697. The summed E-state index contributed by atoms with van der Waals surface area (Å²) in [5.74, 6) is -1.03. The van der Waals surface area contributed by atoms with Crippen LogP contribution in [0.4, 0.5) is 0 Å². The van der Waals surface area contributed by atoms with E-state index in [1.165, 1.54) is 17.1 Å². The summed E-state index contributed by atoms with van der Waals surface area (Å²) in [7, 11) is 0. The first-order valence-corrected chi connectivity index (χ1v) is 6.80. The number of aromatic nitrogens is 4. The first-order chi connectivity index (χ1) is 10.5. The van der Waals surface area contributed by atoms with Crippen molar-refractivity contribution in [3.63, 3.8) is 0 Å². The van der Waals surface area contributed by atoms with Crippen molar-refractivity contribution in [3.8, 4) is 16.8 Å². The largest absolute Gasteiger partial charge is 0.478 e. The van der Waals surface area contributed by atoms with E-state index < -0.39 is 5.97 Å². The van der Waals surface area contributed by atoms with E-state index in [1.54, 1.807) is 12.1 Å². The Balaban J connectivity index is 2.20. The Morgan fingerprint density at radius 3 is 2.68 bits per heavy atom. The fourth-order valence-electron chi connectivity index (χ4n) is 2.16. The Bertz CT molecular complexity index is 847. The molecular weight excluding hydrogens is 304 g/mol. The minimum Gasteiger partial charge on any atom is -0.478 e. The molecule has 0 bridgehead atoms. The second kappa shape index (κ2) is 5.57. The van der Waals surface area contributed by atoms with Gasteiger partial charge >= 0.3 is 5.97 Å². The SMILES string of the molecule is Cc1ccc(-c2cc(C(=O)O)cc(-n3cnnn3)c2)c(Cl)c1. The molecule has 110 valence electrons. The maximum absolute atomic E-state index is 11.4. The lowest BCUT2D eigenvalue weighted by atomic mass is 10.0. The van der Waals surface area contributed by atoms with Gasteiger partial charge in [-0.1, -0.05) is 23.7 Å². The van der Waals surface area contributed by atoms with Gasteiger partial charge in [-0.25, -0.2) is 9.48 Å². The maximum Gasteiger partial charge on any atom is 0.335 e. The fourth-order valence-corrected chi connectivity index (χ4v) is 2.50. The molecule has 0 amide bonds. The van der Waals surface area contributed by atoms with Crippen LogP contribution in [0.5, 0.6) is 0 Å². The lowest BCUT2D eigenvalue weighted by Crippen LogP contribution is -2.02. The molecule has 0 aliphatic carbocycles. The van der Waals surface area contributed by atoms with Crippen molar-refractivity contribution in [1.82, 2.24) is 20.2 Å². The van der Waals surface area contributed by atoms with Gasteiger partial charge in [-0.15, -0.1) is 5.10 Å². The highest BCUT2D eigenvalue weighted by atomic mass is 35.5. The zero-order valence-electron chi connectivity index (χ0n) is 11.6. The van der Waals surface area contributed by atoms with Crippen LogP contribution in [-0.2, 0) is 0 Å². The maximum atomic E-state index is 11.4. The Hall–Kier alpha value is -2.73. The van der Waals surface area contributed by atoms with E-state index >= 15 is 0 Å². The van der Waals surface area contributed by atoms with Crippen LogP contribution >= 0.6 is 11.6 Å². The van der Waals surface area contributed by atoms with Gasteiger partial charge < -0.3 is 5.11 Å². The minimum atomic E-state index is -1.03. The molecule has 1 N–H and O–H groups in total. The number of hydrogen-bond acceptors (Lipinski definition) is 4. The molecule has 6 nitrogen and oxygen atoms in total. The number of hydrogen-bond donors (Lipinski definition) is 1. The van der Waals surface area contributed by atoms with Crippen LogP contribution in [0.2, 0.25) is 5.02 Å². The third kappa shape index (κ3) is 2.68. The molecule has 0 unspecified atom stereocenters. The average molecular weight is 315 g/mol. The average Bonchev–Trinajstić information content (AvgIpc) is 3.01. The van der Waals surface area contributed by atoms with Crippen molar-refractivity contribution >= 4 is 17.6 Å². The van der Waals surface area contributed by atoms with E-state index in [9.17, 15) is 9.90 Å². The van der Waals surface area contributed by atoms with E-state index in [2.05, 4.69) is 15.5 Å². The van der Waals surface area contributed by atoms with Crippen LogP contribution in [0.25, 0.3) is 16.8 Å². The number of carbonyl (C=O) groups is 1. The van der Waals surface area contributed by atoms with E-state index in [-0.39, 0.29) is 5.56 Å². The highest BCUT2D eigenvalue weighted by Crippen LogP contribution is 2.31. The van der Waals surface area contributed by atoms with Gasteiger partial charge in [-0.3, -0.25) is 0 Å². The van der Waals surface area contributed by atoms with Crippen LogP contribution in [0.1, 0.15) is 15.9 Å². The number of tetrazole rings is 1. The third-order valence-corrected chi connectivity index (χ3v) is 3.53. The number of carboxylic acid groups (broad SMARTS) is 1. The summed E-state index contributed by atoms with van der Waals surface area (Å²) in [6, 6.07) is 10.5. The molecule has 0 spiro atoms. The highest BCUT2D eigenvalue weighted by Gasteiger charge is 2.12. The van der Waals surface area contributed by atoms with Crippen LogP contribution in [0, 0.1) is 6.92 Å². The molecule has 0 radical (unpaired) electrons. The molecule has 2 aromatic carbocycles. The second-order valence-corrected chi connectivity index (χ2v) is 5.22. The number of benzene rings is 2. The monoisotopic (exact) mass is 314 g/mol. The molecule has 3 rings (SSSR count). The minimum absolute atomic E-state index is 0.139. The Kier molecular flexibility index (Phi) is 3.60. The summed E-state index contributed by atoms with van der Waals surface area (Å²) in [5.41, 5.74) is 3.17. The molecule has 3 aromatic rings. The Morgan fingerprint density at radius 1 is 1.23 bits per heavy atom. The summed E-state index contributed by atoms with van der Waals surface area (Å²) in [4.78, 5) is 11.4. The molecule has 7 heteroatoms. The van der Waals surface area contributed by atoms with Gasteiger partial charge in [-0.05, 0) is 52.7 Å². The van der Waals surface area contributed by atoms with Gasteiger partial charge in [0.1, 0.15) is 6.33 Å². The molecule has 0 atom stereocenters. The predicted octanol–water partition coefficient (Wildman–Crippen LogP) is 2.99. The van der Waals surface area contributed by atoms with Gasteiger partial charge in [0.05, 0.1) is 11.3 Å². The Labute approximate surface area is 131 Å². The molecule has 1 heterocycles. The van der Waals surface area contributed by atoms with E-state index in [0.29, 0.717) is 16.3 Å². The van der Waals surface area contributed by atoms with Crippen LogP contribution in [0.3, 0.4) is 0 Å². The van der Waals surface area contributed by atoms with Crippen molar-refractivity contribution in [2.75, 3.05) is 0 Å². The lowest BCUT2D eigenvalue weighted by Gasteiger charge is -2.09. The standard InChI is InChI=1S/C15H11ClN4O2/c1-9-2-3-13(14(16)4-9)10-5-11(15(21)22)7-12(6-10)20-8-17-18-19-20/h2-8H,1H3,(H,21,22). The highest BCUT2D eigenvalue weighted by molar-refractivity contribution is 6.33. The summed E-state index contributed by atoms with van der Waals surface area (Å²) >= 11 is 6.28. The van der Waals surface area contributed by atoms with E-state index in [0.717, 1.165) is 11.1 Å². The second-order valence-electron chi connectivity index (χ2n) is 4.81. The molecule has 1 aromatic heterocycles. The normalized spacial score (nSPS) is 10.6. The number of nitrogens with zero attached hydrogens (tertiary/aromatic N) is 4. The number of aromatic carboxylic acids is 1. The van der Waals surface area contributed by atoms with Gasteiger partial charge in [0.15, 0.2) is 0 Å².